The van der Waals surface area contributed by atoms with Gasteiger partial charge in [-0.15, -0.1) is 0 Å². The first-order valence-electron chi connectivity index (χ1n) is 5.12. The number of nitrogens with one attached hydrogen (secondary N) is 2. The van der Waals surface area contributed by atoms with Crippen LogP contribution in [0.15, 0.2) is 30.6 Å². The maximum atomic E-state index is 11.7. The van der Waals surface area contributed by atoms with Crippen LogP contribution in [0, 0.1) is 0 Å². The van der Waals surface area contributed by atoms with Crippen LogP contribution in [0.1, 0.15) is 29.1 Å². The molecule has 2 rings (SSSR count). The maximum absolute atomic E-state index is 11.7. The summed E-state index contributed by atoms with van der Waals surface area (Å²) in [4.78, 5) is 15.4. The second kappa shape index (κ2) is 4.65. The van der Waals surface area contributed by atoms with Crippen molar-refractivity contribution >= 4 is 5.91 Å². The summed E-state index contributed by atoms with van der Waals surface area (Å²) in [5.41, 5.74) is 0.817. The third-order valence-corrected chi connectivity index (χ3v) is 2.35. The van der Waals surface area contributed by atoms with Gasteiger partial charge >= 0.3 is 0 Å². The Bertz CT molecular complexity index is 510. The number of carbonyl (C=O) groups is 1. The molecule has 0 aliphatic carbocycles. The molecule has 0 fully saturated rings. The van der Waals surface area contributed by atoms with E-state index in [1.807, 2.05) is 13.0 Å². The van der Waals surface area contributed by atoms with Gasteiger partial charge in [0.05, 0.1) is 6.04 Å². The second-order valence-corrected chi connectivity index (χ2v) is 3.62. The number of carbonyl (C=O) groups excluding carboxylic acids is 1. The molecule has 0 saturated heterocycles. The van der Waals surface area contributed by atoms with Crippen molar-refractivity contribution in [3.63, 3.8) is 0 Å². The van der Waals surface area contributed by atoms with E-state index in [9.17, 15) is 9.90 Å². The number of aromatic amines is 1. The Morgan fingerprint density at radius 1 is 1.53 bits per heavy atom. The van der Waals surface area contributed by atoms with Crippen molar-refractivity contribution in [2.45, 2.75) is 13.0 Å². The summed E-state index contributed by atoms with van der Waals surface area (Å²) < 4.78 is 0. The van der Waals surface area contributed by atoms with Crippen LogP contribution in [-0.4, -0.2) is 26.2 Å². The molecule has 88 valence electrons. The Kier molecular flexibility index (Phi) is 3.04. The van der Waals surface area contributed by atoms with E-state index >= 15 is 0 Å². The van der Waals surface area contributed by atoms with Gasteiger partial charge in [0.2, 0.25) is 5.82 Å². The van der Waals surface area contributed by atoms with Crippen LogP contribution in [-0.2, 0) is 0 Å². The smallest absolute Gasteiger partial charge is 0.289 e. The van der Waals surface area contributed by atoms with E-state index in [1.165, 1.54) is 6.33 Å². The highest BCUT2D eigenvalue weighted by atomic mass is 16.3. The Morgan fingerprint density at radius 2 is 2.35 bits per heavy atom. The molecular formula is C11H12N4O2. The Hall–Kier alpha value is -2.37. The van der Waals surface area contributed by atoms with Crippen molar-refractivity contribution < 1.29 is 9.90 Å². The average Bonchev–Trinajstić information content (AvgIpc) is 2.82. The number of phenolic OH excluding ortho intramolecular Hbond substituents is 1. The van der Waals surface area contributed by atoms with E-state index in [-0.39, 0.29) is 23.5 Å². The van der Waals surface area contributed by atoms with Crippen LogP contribution in [0.3, 0.4) is 0 Å². The Morgan fingerprint density at radius 3 is 3.00 bits per heavy atom. The van der Waals surface area contributed by atoms with E-state index in [1.54, 1.807) is 18.2 Å². The summed E-state index contributed by atoms with van der Waals surface area (Å²) in [6, 6.07) is 6.51. The fourth-order valence-corrected chi connectivity index (χ4v) is 1.46. The molecule has 1 unspecified atom stereocenters. The molecule has 17 heavy (non-hydrogen) atoms. The molecule has 0 aliphatic heterocycles. The summed E-state index contributed by atoms with van der Waals surface area (Å²) in [5, 5.41) is 18.2. The van der Waals surface area contributed by atoms with Crippen molar-refractivity contribution in [2.75, 3.05) is 0 Å². The molecule has 3 N–H and O–H groups in total. The van der Waals surface area contributed by atoms with Crippen LogP contribution in [0.5, 0.6) is 5.75 Å². The van der Waals surface area contributed by atoms with E-state index in [4.69, 9.17) is 0 Å². The maximum Gasteiger partial charge on any atom is 0.289 e. The molecule has 1 amide bonds. The number of H-pyrrole nitrogens is 1. The number of aromatic nitrogens is 3. The Balaban J connectivity index is 2.07. The van der Waals surface area contributed by atoms with Gasteiger partial charge in [0.1, 0.15) is 12.1 Å². The number of nitrogens with zero attached hydrogens (tertiary/aromatic N) is 2. The van der Waals surface area contributed by atoms with Gasteiger partial charge in [-0.2, -0.15) is 5.10 Å². The van der Waals surface area contributed by atoms with Crippen LogP contribution < -0.4 is 5.32 Å². The van der Waals surface area contributed by atoms with Crippen molar-refractivity contribution in [2.24, 2.45) is 0 Å². The second-order valence-electron chi connectivity index (χ2n) is 3.62. The quantitative estimate of drug-likeness (QED) is 0.736. The number of aromatic hydroxyl groups is 1. The molecule has 0 aliphatic rings. The normalized spacial score (nSPS) is 12.1. The van der Waals surface area contributed by atoms with E-state index in [0.29, 0.717) is 0 Å². The average molecular weight is 232 g/mol. The van der Waals surface area contributed by atoms with Crippen LogP contribution in [0.2, 0.25) is 0 Å². The van der Waals surface area contributed by atoms with Crippen LogP contribution >= 0.6 is 0 Å². The lowest BCUT2D eigenvalue weighted by molar-refractivity contribution is 0.0929. The van der Waals surface area contributed by atoms with Gasteiger partial charge in [0.25, 0.3) is 5.91 Å². The highest BCUT2D eigenvalue weighted by molar-refractivity contribution is 5.90. The van der Waals surface area contributed by atoms with Crippen molar-refractivity contribution in [1.29, 1.82) is 0 Å². The molecule has 0 saturated carbocycles. The molecule has 6 nitrogen and oxygen atoms in total. The van der Waals surface area contributed by atoms with Gasteiger partial charge in [-0.25, -0.2) is 4.98 Å². The lowest BCUT2D eigenvalue weighted by Gasteiger charge is -2.13. The molecule has 1 heterocycles. The molecule has 1 aromatic carbocycles. The van der Waals surface area contributed by atoms with Crippen molar-refractivity contribution in [3.05, 3.63) is 42.0 Å². The van der Waals surface area contributed by atoms with Crippen LogP contribution in [0.4, 0.5) is 0 Å². The van der Waals surface area contributed by atoms with Gasteiger partial charge in [-0.3, -0.25) is 9.89 Å². The number of rotatable bonds is 3. The number of benzene rings is 1. The van der Waals surface area contributed by atoms with Crippen molar-refractivity contribution in [3.8, 4) is 5.75 Å². The number of phenols is 1. The zero-order valence-corrected chi connectivity index (χ0v) is 9.21. The van der Waals surface area contributed by atoms with E-state index < -0.39 is 0 Å². The minimum Gasteiger partial charge on any atom is -0.508 e. The predicted molar refractivity (Wildman–Crippen MR) is 60.4 cm³/mol. The summed E-state index contributed by atoms with van der Waals surface area (Å²) in [6.07, 6.45) is 1.27. The van der Waals surface area contributed by atoms with E-state index in [0.717, 1.165) is 5.56 Å². The minimum absolute atomic E-state index is 0.164. The number of amides is 1. The van der Waals surface area contributed by atoms with Gasteiger partial charge in [-0.1, -0.05) is 12.1 Å². The molecular weight excluding hydrogens is 220 g/mol. The highest BCUT2D eigenvalue weighted by Crippen LogP contribution is 2.17. The van der Waals surface area contributed by atoms with Crippen LogP contribution in [0.25, 0.3) is 0 Å². The topological polar surface area (TPSA) is 90.9 Å². The lowest BCUT2D eigenvalue weighted by Crippen LogP contribution is -2.27. The van der Waals surface area contributed by atoms with Crippen molar-refractivity contribution in [1.82, 2.24) is 20.5 Å². The zero-order chi connectivity index (χ0) is 12.3. The first-order chi connectivity index (χ1) is 8.16. The standard InChI is InChI=1S/C11H12N4O2/c1-7(8-3-2-4-9(16)5-8)14-11(17)10-12-6-13-15-10/h2-7,16H,1H3,(H,14,17)(H,12,13,15). The summed E-state index contributed by atoms with van der Waals surface area (Å²) >= 11 is 0. The van der Waals surface area contributed by atoms with Gasteiger partial charge in [0.15, 0.2) is 0 Å². The lowest BCUT2D eigenvalue weighted by atomic mass is 10.1. The zero-order valence-electron chi connectivity index (χ0n) is 9.21. The molecule has 1 aromatic heterocycles. The largest absolute Gasteiger partial charge is 0.508 e. The van der Waals surface area contributed by atoms with Gasteiger partial charge < -0.3 is 10.4 Å². The SMILES string of the molecule is CC(NC(=O)c1ncn[nH]1)c1cccc(O)c1. The molecule has 0 spiro atoms. The number of hydrogen-bond acceptors (Lipinski definition) is 4. The molecule has 0 radical (unpaired) electrons. The van der Waals surface area contributed by atoms with E-state index in [2.05, 4.69) is 20.5 Å². The van der Waals surface area contributed by atoms with Gasteiger partial charge in [-0.05, 0) is 24.6 Å². The molecule has 0 bridgehead atoms. The molecule has 2 aromatic rings. The minimum atomic E-state index is -0.335. The monoisotopic (exact) mass is 232 g/mol. The fraction of sp³-hybridized carbons (Fsp3) is 0.182. The summed E-state index contributed by atoms with van der Waals surface area (Å²) in [6.45, 7) is 1.82. The third kappa shape index (κ3) is 2.60. The van der Waals surface area contributed by atoms with Gasteiger partial charge in [0, 0.05) is 0 Å². The number of hydrogen-bond donors (Lipinski definition) is 3. The highest BCUT2D eigenvalue weighted by Gasteiger charge is 2.13. The third-order valence-electron chi connectivity index (χ3n) is 2.35. The summed E-state index contributed by atoms with van der Waals surface area (Å²) in [5.74, 6) is -0.00129. The fourth-order valence-electron chi connectivity index (χ4n) is 1.46. The first-order valence-corrected chi connectivity index (χ1v) is 5.12. The molecule has 6 heteroatoms. The molecule has 1 atom stereocenters. The Labute approximate surface area is 97.7 Å². The summed E-state index contributed by atoms with van der Waals surface area (Å²) in [7, 11) is 0. The predicted octanol–water partition coefficient (Wildman–Crippen LogP) is 1.00. The first kappa shape index (κ1) is 11.1.